The van der Waals surface area contributed by atoms with Gasteiger partial charge in [-0.15, -0.1) is 0 Å². The summed E-state index contributed by atoms with van der Waals surface area (Å²) in [6, 6.07) is 14.8. The fourth-order valence-corrected chi connectivity index (χ4v) is 1.86. The Kier molecular flexibility index (Phi) is 5.98. The van der Waals surface area contributed by atoms with Gasteiger partial charge in [0.05, 0.1) is 6.21 Å². The highest BCUT2D eigenvalue weighted by molar-refractivity contribution is 6.30. The zero-order valence-corrected chi connectivity index (χ0v) is 13.0. The minimum absolute atomic E-state index is 0.103. The van der Waals surface area contributed by atoms with Crippen LogP contribution in [0.5, 0.6) is 5.75 Å². The summed E-state index contributed by atoms with van der Waals surface area (Å²) in [7, 11) is 0. The summed E-state index contributed by atoms with van der Waals surface area (Å²) in [4.78, 5) is 11.6. The van der Waals surface area contributed by atoms with Gasteiger partial charge in [-0.2, -0.15) is 5.10 Å². The van der Waals surface area contributed by atoms with Crippen molar-refractivity contribution in [2.75, 3.05) is 6.61 Å². The maximum absolute atomic E-state index is 11.6. The number of nitrogens with one attached hydrogen (secondary N) is 1. The number of rotatable bonds is 6. The molecule has 22 heavy (non-hydrogen) atoms. The number of carbonyl (C=O) groups excluding carboxylic acids is 1. The first-order valence-electron chi connectivity index (χ1n) is 6.96. The van der Waals surface area contributed by atoms with Gasteiger partial charge < -0.3 is 4.74 Å². The SMILES string of the molecule is CCc1ccc(C=NNC(=O)COc2ccc(Cl)cc2)cc1. The smallest absolute Gasteiger partial charge is 0.277 e. The highest BCUT2D eigenvalue weighted by Gasteiger charge is 2.01. The molecular weight excluding hydrogens is 300 g/mol. The molecule has 1 amide bonds. The van der Waals surface area contributed by atoms with Crippen molar-refractivity contribution in [3.8, 4) is 5.75 Å². The van der Waals surface area contributed by atoms with Crippen molar-refractivity contribution < 1.29 is 9.53 Å². The Balaban J connectivity index is 1.76. The Bertz CT molecular complexity index is 637. The fourth-order valence-electron chi connectivity index (χ4n) is 1.73. The van der Waals surface area contributed by atoms with E-state index in [4.69, 9.17) is 16.3 Å². The normalized spacial score (nSPS) is 10.6. The van der Waals surface area contributed by atoms with Gasteiger partial charge in [0.2, 0.25) is 0 Å². The molecule has 0 unspecified atom stereocenters. The van der Waals surface area contributed by atoms with Crippen molar-refractivity contribution in [1.29, 1.82) is 0 Å². The van der Waals surface area contributed by atoms with Crippen molar-refractivity contribution >= 4 is 23.7 Å². The first-order valence-corrected chi connectivity index (χ1v) is 7.34. The van der Waals surface area contributed by atoms with Gasteiger partial charge in [-0.1, -0.05) is 42.8 Å². The lowest BCUT2D eigenvalue weighted by Crippen LogP contribution is -2.24. The Morgan fingerprint density at radius 2 is 1.86 bits per heavy atom. The molecule has 0 saturated heterocycles. The van der Waals surface area contributed by atoms with Crippen LogP contribution in [0.4, 0.5) is 0 Å². The molecule has 0 heterocycles. The molecule has 2 aromatic carbocycles. The highest BCUT2D eigenvalue weighted by atomic mass is 35.5. The summed E-state index contributed by atoms with van der Waals surface area (Å²) >= 11 is 5.77. The van der Waals surface area contributed by atoms with Gasteiger partial charge in [0, 0.05) is 5.02 Å². The third-order valence-electron chi connectivity index (χ3n) is 2.97. The second-order valence-electron chi connectivity index (χ2n) is 4.63. The predicted molar refractivity (Wildman–Crippen MR) is 88.5 cm³/mol. The topological polar surface area (TPSA) is 50.7 Å². The number of aryl methyl sites for hydroxylation is 1. The molecule has 0 saturated carbocycles. The summed E-state index contributed by atoms with van der Waals surface area (Å²) in [5.41, 5.74) is 4.61. The van der Waals surface area contributed by atoms with Crippen LogP contribution in [0.3, 0.4) is 0 Å². The number of amides is 1. The van der Waals surface area contributed by atoms with Gasteiger partial charge in [0.25, 0.3) is 5.91 Å². The van der Waals surface area contributed by atoms with Gasteiger partial charge in [-0.25, -0.2) is 5.43 Å². The first kappa shape index (κ1) is 16.0. The van der Waals surface area contributed by atoms with E-state index in [0.717, 1.165) is 12.0 Å². The molecule has 0 bridgehead atoms. The molecule has 0 aliphatic rings. The Labute approximate surface area is 134 Å². The minimum Gasteiger partial charge on any atom is -0.484 e. The van der Waals surface area contributed by atoms with E-state index in [-0.39, 0.29) is 12.5 Å². The Hall–Kier alpha value is -2.33. The molecule has 0 aliphatic carbocycles. The molecule has 0 spiro atoms. The van der Waals surface area contributed by atoms with Gasteiger partial charge in [-0.05, 0) is 41.8 Å². The van der Waals surface area contributed by atoms with Crippen molar-refractivity contribution in [3.05, 3.63) is 64.7 Å². The van der Waals surface area contributed by atoms with E-state index in [9.17, 15) is 4.79 Å². The largest absolute Gasteiger partial charge is 0.484 e. The van der Waals surface area contributed by atoms with Gasteiger partial charge >= 0.3 is 0 Å². The summed E-state index contributed by atoms with van der Waals surface area (Å²) in [5.74, 6) is 0.259. The van der Waals surface area contributed by atoms with Crippen molar-refractivity contribution in [2.24, 2.45) is 5.10 Å². The fraction of sp³-hybridized carbons (Fsp3) is 0.176. The molecule has 0 atom stereocenters. The third-order valence-corrected chi connectivity index (χ3v) is 3.23. The van der Waals surface area contributed by atoms with Crippen LogP contribution in [0.1, 0.15) is 18.1 Å². The average Bonchev–Trinajstić information content (AvgIpc) is 2.55. The lowest BCUT2D eigenvalue weighted by molar-refractivity contribution is -0.123. The van der Waals surface area contributed by atoms with Gasteiger partial charge in [0.15, 0.2) is 6.61 Å². The van der Waals surface area contributed by atoms with Crippen LogP contribution >= 0.6 is 11.6 Å². The maximum atomic E-state index is 11.6. The minimum atomic E-state index is -0.323. The van der Waals surface area contributed by atoms with Crippen LogP contribution in [-0.2, 0) is 11.2 Å². The van der Waals surface area contributed by atoms with Crippen molar-refractivity contribution in [3.63, 3.8) is 0 Å². The Morgan fingerprint density at radius 3 is 2.50 bits per heavy atom. The van der Waals surface area contributed by atoms with Crippen molar-refractivity contribution in [2.45, 2.75) is 13.3 Å². The molecule has 5 heteroatoms. The quantitative estimate of drug-likeness (QED) is 0.655. The summed E-state index contributed by atoms with van der Waals surface area (Å²) in [5, 5.41) is 4.52. The Morgan fingerprint density at radius 1 is 1.18 bits per heavy atom. The monoisotopic (exact) mass is 316 g/mol. The average molecular weight is 317 g/mol. The molecule has 4 nitrogen and oxygen atoms in total. The standard InChI is InChI=1S/C17H17ClN2O2/c1-2-13-3-5-14(6-4-13)11-19-20-17(21)12-22-16-9-7-15(18)8-10-16/h3-11H,2,12H2,1H3,(H,20,21). The van der Waals surface area contributed by atoms with Crippen LogP contribution in [0.2, 0.25) is 5.02 Å². The maximum Gasteiger partial charge on any atom is 0.277 e. The van der Waals surface area contributed by atoms with E-state index in [1.54, 1.807) is 30.5 Å². The van der Waals surface area contributed by atoms with Crippen molar-refractivity contribution in [1.82, 2.24) is 5.43 Å². The molecule has 0 radical (unpaired) electrons. The number of hydrogen-bond acceptors (Lipinski definition) is 3. The van der Waals surface area contributed by atoms with E-state index in [2.05, 4.69) is 17.5 Å². The number of nitrogens with zero attached hydrogens (tertiary/aromatic N) is 1. The number of benzene rings is 2. The molecule has 0 fully saturated rings. The predicted octanol–water partition coefficient (Wildman–Crippen LogP) is 3.43. The second kappa shape index (κ2) is 8.20. The molecule has 2 rings (SSSR count). The lowest BCUT2D eigenvalue weighted by Gasteiger charge is -2.04. The number of halogens is 1. The van der Waals surface area contributed by atoms with Crippen LogP contribution in [0.15, 0.2) is 53.6 Å². The molecule has 0 aromatic heterocycles. The second-order valence-corrected chi connectivity index (χ2v) is 5.07. The van der Waals surface area contributed by atoms with Crippen LogP contribution in [0.25, 0.3) is 0 Å². The van der Waals surface area contributed by atoms with Crippen LogP contribution in [-0.4, -0.2) is 18.7 Å². The number of carbonyl (C=O) groups is 1. The number of hydrogen-bond donors (Lipinski definition) is 1. The number of hydrazone groups is 1. The molecule has 0 aliphatic heterocycles. The van der Waals surface area contributed by atoms with Crippen LogP contribution < -0.4 is 10.2 Å². The van der Waals surface area contributed by atoms with E-state index in [1.165, 1.54) is 5.56 Å². The van der Waals surface area contributed by atoms with E-state index in [0.29, 0.717) is 10.8 Å². The highest BCUT2D eigenvalue weighted by Crippen LogP contribution is 2.15. The third kappa shape index (κ3) is 5.22. The van der Waals surface area contributed by atoms with E-state index in [1.807, 2.05) is 24.3 Å². The van der Waals surface area contributed by atoms with Gasteiger partial charge in [-0.3, -0.25) is 4.79 Å². The molecule has 114 valence electrons. The zero-order valence-electron chi connectivity index (χ0n) is 12.3. The van der Waals surface area contributed by atoms with E-state index < -0.39 is 0 Å². The summed E-state index contributed by atoms with van der Waals surface area (Å²) in [6.07, 6.45) is 2.59. The van der Waals surface area contributed by atoms with E-state index >= 15 is 0 Å². The van der Waals surface area contributed by atoms with Gasteiger partial charge in [0.1, 0.15) is 5.75 Å². The molecule has 2 aromatic rings. The molecule has 1 N–H and O–H groups in total. The number of ether oxygens (including phenoxy) is 1. The zero-order chi connectivity index (χ0) is 15.8. The lowest BCUT2D eigenvalue weighted by atomic mass is 10.1. The summed E-state index contributed by atoms with van der Waals surface area (Å²) in [6.45, 7) is 2.00. The summed E-state index contributed by atoms with van der Waals surface area (Å²) < 4.78 is 5.31. The molecular formula is C17H17ClN2O2. The van der Waals surface area contributed by atoms with Crippen LogP contribution in [0, 0.1) is 0 Å². The first-order chi connectivity index (χ1) is 10.7.